The van der Waals surface area contributed by atoms with E-state index in [0.717, 1.165) is 23.5 Å². The van der Waals surface area contributed by atoms with Crippen LogP contribution >= 0.6 is 0 Å². The van der Waals surface area contributed by atoms with Crippen LogP contribution in [-0.2, 0) is 0 Å². The third kappa shape index (κ3) is 2.54. The van der Waals surface area contributed by atoms with Crippen LogP contribution in [0.1, 0.15) is 28.6 Å². The monoisotopic (exact) mass is 249 g/mol. The van der Waals surface area contributed by atoms with E-state index in [-0.39, 0.29) is 0 Å². The van der Waals surface area contributed by atoms with Crippen molar-refractivity contribution < 1.29 is 13.9 Å². The molecule has 4 heteroatoms. The van der Waals surface area contributed by atoms with E-state index < -0.39 is 17.7 Å². The van der Waals surface area contributed by atoms with Gasteiger partial charge >= 0.3 is 0 Å². The largest absolute Gasteiger partial charge is 0.384 e. The number of pyridine rings is 1. The van der Waals surface area contributed by atoms with Crippen molar-refractivity contribution in [3.63, 3.8) is 0 Å². The SMILES string of the molecule is Cc1cc(C(O)c2ccc(F)c(F)c2)cc(C)n1. The summed E-state index contributed by atoms with van der Waals surface area (Å²) in [5.74, 6) is -1.89. The Labute approximate surface area is 104 Å². The summed E-state index contributed by atoms with van der Waals surface area (Å²) < 4.78 is 25.9. The normalized spacial score (nSPS) is 12.5. The summed E-state index contributed by atoms with van der Waals surface area (Å²) in [6.45, 7) is 3.63. The Kier molecular flexibility index (Phi) is 3.39. The average molecular weight is 249 g/mol. The van der Waals surface area contributed by atoms with Crippen LogP contribution in [0.3, 0.4) is 0 Å². The quantitative estimate of drug-likeness (QED) is 0.887. The van der Waals surface area contributed by atoms with Gasteiger partial charge in [0.2, 0.25) is 0 Å². The molecule has 0 aliphatic rings. The second-order valence-electron chi connectivity index (χ2n) is 4.26. The number of benzene rings is 1. The zero-order valence-corrected chi connectivity index (χ0v) is 10.1. The van der Waals surface area contributed by atoms with Crippen LogP contribution in [0.2, 0.25) is 0 Å². The van der Waals surface area contributed by atoms with Gasteiger partial charge < -0.3 is 5.11 Å². The predicted octanol–water partition coefficient (Wildman–Crippen LogP) is 3.06. The van der Waals surface area contributed by atoms with Gasteiger partial charge in [0, 0.05) is 11.4 Å². The van der Waals surface area contributed by atoms with Crippen LogP contribution < -0.4 is 0 Å². The molecule has 0 spiro atoms. The van der Waals surface area contributed by atoms with Crippen molar-refractivity contribution in [3.05, 3.63) is 64.5 Å². The highest BCUT2D eigenvalue weighted by molar-refractivity contribution is 5.32. The molecule has 1 unspecified atom stereocenters. The highest BCUT2D eigenvalue weighted by Crippen LogP contribution is 2.24. The Hall–Kier alpha value is -1.81. The average Bonchev–Trinajstić information content (AvgIpc) is 2.30. The molecule has 1 aromatic carbocycles. The Morgan fingerprint density at radius 3 is 2.11 bits per heavy atom. The minimum atomic E-state index is -0.986. The van der Waals surface area contributed by atoms with Crippen molar-refractivity contribution in [3.8, 4) is 0 Å². The van der Waals surface area contributed by atoms with Crippen LogP contribution in [0.25, 0.3) is 0 Å². The van der Waals surface area contributed by atoms with Gasteiger partial charge in [-0.15, -0.1) is 0 Å². The van der Waals surface area contributed by atoms with Gasteiger partial charge in [0.25, 0.3) is 0 Å². The standard InChI is InChI=1S/C14H13F2NO/c1-8-5-11(6-9(2)17-8)14(18)10-3-4-12(15)13(16)7-10/h3-7,14,18H,1-2H3. The molecule has 0 saturated heterocycles. The molecule has 0 saturated carbocycles. The second-order valence-corrected chi connectivity index (χ2v) is 4.26. The molecule has 2 nitrogen and oxygen atoms in total. The fourth-order valence-corrected chi connectivity index (χ4v) is 1.90. The number of aromatic nitrogens is 1. The summed E-state index contributed by atoms with van der Waals surface area (Å²) in [5, 5.41) is 10.1. The van der Waals surface area contributed by atoms with Gasteiger partial charge in [-0.05, 0) is 49.2 Å². The second kappa shape index (κ2) is 4.82. The molecule has 0 bridgehead atoms. The van der Waals surface area contributed by atoms with Crippen molar-refractivity contribution >= 4 is 0 Å². The number of aliphatic hydroxyl groups is 1. The van der Waals surface area contributed by atoms with E-state index >= 15 is 0 Å². The number of nitrogens with zero attached hydrogens (tertiary/aromatic N) is 1. The Morgan fingerprint density at radius 2 is 1.56 bits per heavy atom. The fraction of sp³-hybridized carbons (Fsp3) is 0.214. The molecular formula is C14H13F2NO. The zero-order chi connectivity index (χ0) is 13.3. The first-order chi connectivity index (χ1) is 8.47. The van der Waals surface area contributed by atoms with Crippen LogP contribution in [0, 0.1) is 25.5 Å². The van der Waals surface area contributed by atoms with Crippen molar-refractivity contribution in [1.29, 1.82) is 0 Å². The number of rotatable bonds is 2. The van der Waals surface area contributed by atoms with Gasteiger partial charge in [-0.3, -0.25) is 4.98 Å². The van der Waals surface area contributed by atoms with Gasteiger partial charge in [0.05, 0.1) is 0 Å². The number of halogens is 2. The molecular weight excluding hydrogens is 236 g/mol. The van der Waals surface area contributed by atoms with Crippen molar-refractivity contribution in [2.45, 2.75) is 20.0 Å². The minimum Gasteiger partial charge on any atom is -0.384 e. The molecule has 0 aliphatic heterocycles. The summed E-state index contributed by atoms with van der Waals surface area (Å²) in [7, 11) is 0. The summed E-state index contributed by atoms with van der Waals surface area (Å²) >= 11 is 0. The smallest absolute Gasteiger partial charge is 0.159 e. The summed E-state index contributed by atoms with van der Waals surface area (Å²) in [4.78, 5) is 4.20. The first kappa shape index (κ1) is 12.6. The van der Waals surface area contributed by atoms with Gasteiger partial charge in [-0.1, -0.05) is 6.07 Å². The van der Waals surface area contributed by atoms with E-state index in [1.807, 2.05) is 13.8 Å². The molecule has 1 N–H and O–H groups in total. The number of aliphatic hydroxyl groups excluding tert-OH is 1. The predicted molar refractivity (Wildman–Crippen MR) is 64.1 cm³/mol. The number of aryl methyl sites for hydroxylation is 2. The number of hydrogen-bond donors (Lipinski definition) is 1. The van der Waals surface area contributed by atoms with Crippen LogP contribution in [0.15, 0.2) is 30.3 Å². The maximum Gasteiger partial charge on any atom is 0.159 e. The number of hydrogen-bond acceptors (Lipinski definition) is 2. The molecule has 18 heavy (non-hydrogen) atoms. The molecule has 0 fully saturated rings. The third-order valence-corrected chi connectivity index (χ3v) is 2.68. The van der Waals surface area contributed by atoms with E-state index in [2.05, 4.69) is 4.98 Å². The summed E-state index contributed by atoms with van der Waals surface area (Å²) in [6.07, 6.45) is -0.986. The maximum absolute atomic E-state index is 13.1. The summed E-state index contributed by atoms with van der Waals surface area (Å²) in [6, 6.07) is 6.83. The van der Waals surface area contributed by atoms with Crippen LogP contribution in [-0.4, -0.2) is 10.1 Å². The lowest BCUT2D eigenvalue weighted by Crippen LogP contribution is -2.03. The fourth-order valence-electron chi connectivity index (χ4n) is 1.90. The van der Waals surface area contributed by atoms with Gasteiger partial charge in [0.1, 0.15) is 6.10 Å². The van der Waals surface area contributed by atoms with Crippen molar-refractivity contribution in [1.82, 2.24) is 4.98 Å². The van der Waals surface area contributed by atoms with Crippen molar-refractivity contribution in [2.75, 3.05) is 0 Å². The van der Waals surface area contributed by atoms with E-state index in [9.17, 15) is 13.9 Å². The lowest BCUT2D eigenvalue weighted by Gasteiger charge is -2.13. The lowest BCUT2D eigenvalue weighted by molar-refractivity contribution is 0.219. The van der Waals surface area contributed by atoms with E-state index in [0.29, 0.717) is 11.1 Å². The minimum absolute atomic E-state index is 0.318. The Bertz CT molecular complexity index is 564. The van der Waals surface area contributed by atoms with Crippen molar-refractivity contribution in [2.24, 2.45) is 0 Å². The first-order valence-corrected chi connectivity index (χ1v) is 5.55. The molecule has 1 heterocycles. The highest BCUT2D eigenvalue weighted by Gasteiger charge is 2.14. The van der Waals surface area contributed by atoms with Crippen LogP contribution in [0.5, 0.6) is 0 Å². The third-order valence-electron chi connectivity index (χ3n) is 2.68. The highest BCUT2D eigenvalue weighted by atomic mass is 19.2. The molecule has 1 aromatic heterocycles. The molecule has 0 radical (unpaired) electrons. The molecule has 2 rings (SSSR count). The maximum atomic E-state index is 13.1. The van der Waals surface area contributed by atoms with Gasteiger partial charge in [-0.2, -0.15) is 0 Å². The van der Waals surface area contributed by atoms with Gasteiger partial charge in [0.15, 0.2) is 11.6 Å². The molecule has 1 atom stereocenters. The van der Waals surface area contributed by atoms with Gasteiger partial charge in [-0.25, -0.2) is 8.78 Å². The lowest BCUT2D eigenvalue weighted by atomic mass is 10.0. The van der Waals surface area contributed by atoms with E-state index in [1.54, 1.807) is 12.1 Å². The molecule has 94 valence electrons. The Balaban J connectivity index is 2.40. The van der Waals surface area contributed by atoms with E-state index in [1.165, 1.54) is 6.07 Å². The Morgan fingerprint density at radius 1 is 0.944 bits per heavy atom. The zero-order valence-electron chi connectivity index (χ0n) is 10.1. The van der Waals surface area contributed by atoms with Crippen LogP contribution in [0.4, 0.5) is 8.78 Å². The first-order valence-electron chi connectivity index (χ1n) is 5.55. The molecule has 0 amide bonds. The molecule has 2 aromatic rings. The topological polar surface area (TPSA) is 33.1 Å². The van der Waals surface area contributed by atoms with E-state index in [4.69, 9.17) is 0 Å². The summed E-state index contributed by atoms with van der Waals surface area (Å²) in [5.41, 5.74) is 2.48. The molecule has 0 aliphatic carbocycles.